The number of hydrogen-bond acceptors (Lipinski definition) is 5. The number of rotatable bonds is 6. The van der Waals surface area contributed by atoms with Crippen LogP contribution in [-0.2, 0) is 16.0 Å². The molecule has 1 aromatic heterocycles. The maximum absolute atomic E-state index is 13.6. The summed E-state index contributed by atoms with van der Waals surface area (Å²) in [6.07, 6.45) is 0.448. The molecule has 4 rings (SSSR count). The molecule has 3 aromatic rings. The predicted octanol–water partition coefficient (Wildman–Crippen LogP) is 5.46. The number of ether oxygens (including phenoxy) is 2. The van der Waals surface area contributed by atoms with Crippen molar-refractivity contribution in [2.75, 3.05) is 11.9 Å². The molecule has 1 unspecified atom stereocenters. The van der Waals surface area contributed by atoms with Crippen LogP contribution in [0.3, 0.4) is 0 Å². The molecule has 0 fully saturated rings. The Morgan fingerprint density at radius 1 is 1.14 bits per heavy atom. The lowest BCUT2D eigenvalue weighted by Crippen LogP contribution is -2.33. The molecule has 1 aliphatic rings. The van der Waals surface area contributed by atoms with Gasteiger partial charge in [-0.25, -0.2) is 4.79 Å². The second-order valence-corrected chi connectivity index (χ2v) is 9.82. The molecule has 2 heterocycles. The van der Waals surface area contributed by atoms with E-state index >= 15 is 0 Å². The fourth-order valence-electron chi connectivity index (χ4n) is 4.45. The Kier molecular flexibility index (Phi) is 6.72. The first-order valence-corrected chi connectivity index (χ1v) is 11.8. The summed E-state index contributed by atoms with van der Waals surface area (Å²) >= 11 is 0. The van der Waals surface area contributed by atoms with Crippen molar-refractivity contribution in [1.82, 2.24) is 4.57 Å². The largest absolute Gasteiger partial charge is 0.493 e. The van der Waals surface area contributed by atoms with Crippen molar-refractivity contribution in [2.45, 2.75) is 59.2 Å². The highest BCUT2D eigenvalue weighted by Gasteiger charge is 2.33. The third kappa shape index (κ3) is 5.10. The van der Waals surface area contributed by atoms with E-state index in [0.29, 0.717) is 29.2 Å². The molecule has 1 atom stereocenters. The monoisotopic (exact) mass is 476 g/mol. The standard InChI is InChI=1S/C28H32N2O5/c1-17-24(26(27(32)33)35-28(3,4)5)30(21-13-14-22-19(16-21)10-9-15-34-22)18(2)23(25(17)31)29-20-11-7-6-8-12-20/h6-8,11-14,16,26,29H,9-10,15H2,1-5H3,(H,32,33). The third-order valence-corrected chi connectivity index (χ3v) is 6.03. The second-order valence-electron chi connectivity index (χ2n) is 9.82. The van der Waals surface area contributed by atoms with Crippen molar-refractivity contribution in [3.8, 4) is 11.4 Å². The highest BCUT2D eigenvalue weighted by Crippen LogP contribution is 2.34. The first-order valence-electron chi connectivity index (χ1n) is 11.8. The summed E-state index contributed by atoms with van der Waals surface area (Å²) in [4.78, 5) is 26.0. The number of carboxylic acid groups (broad SMARTS) is 1. The van der Waals surface area contributed by atoms with E-state index in [2.05, 4.69) is 5.32 Å². The van der Waals surface area contributed by atoms with Gasteiger partial charge in [-0.1, -0.05) is 18.2 Å². The minimum absolute atomic E-state index is 0.261. The molecule has 0 saturated carbocycles. The van der Waals surface area contributed by atoms with Crippen molar-refractivity contribution in [1.29, 1.82) is 0 Å². The van der Waals surface area contributed by atoms with Crippen LogP contribution in [0, 0.1) is 13.8 Å². The molecule has 184 valence electrons. The Bertz CT molecular complexity index is 1310. The molecule has 0 radical (unpaired) electrons. The highest BCUT2D eigenvalue weighted by atomic mass is 16.5. The zero-order chi connectivity index (χ0) is 25.3. The van der Waals surface area contributed by atoms with E-state index in [9.17, 15) is 14.7 Å². The fraction of sp³-hybridized carbons (Fsp3) is 0.357. The van der Waals surface area contributed by atoms with Gasteiger partial charge in [0.05, 0.1) is 17.9 Å². The zero-order valence-electron chi connectivity index (χ0n) is 20.8. The van der Waals surface area contributed by atoms with Crippen LogP contribution in [0.15, 0.2) is 53.3 Å². The van der Waals surface area contributed by atoms with Gasteiger partial charge in [0, 0.05) is 22.6 Å². The average molecular weight is 477 g/mol. The maximum atomic E-state index is 13.6. The second kappa shape index (κ2) is 9.58. The van der Waals surface area contributed by atoms with Crippen molar-refractivity contribution in [3.05, 3.63) is 81.3 Å². The van der Waals surface area contributed by atoms with Crippen LogP contribution in [0.25, 0.3) is 5.69 Å². The van der Waals surface area contributed by atoms with Crippen LogP contribution >= 0.6 is 0 Å². The van der Waals surface area contributed by atoms with Crippen LogP contribution in [0.5, 0.6) is 5.75 Å². The summed E-state index contributed by atoms with van der Waals surface area (Å²) < 4.78 is 13.6. The third-order valence-electron chi connectivity index (χ3n) is 6.03. The Labute approximate surface area is 205 Å². The quantitative estimate of drug-likeness (QED) is 0.491. The number of pyridine rings is 1. The number of aromatic nitrogens is 1. The van der Waals surface area contributed by atoms with Gasteiger partial charge in [-0.3, -0.25) is 4.79 Å². The molecule has 2 aromatic carbocycles. The van der Waals surface area contributed by atoms with Crippen molar-refractivity contribution >= 4 is 17.3 Å². The first-order chi connectivity index (χ1) is 16.6. The SMILES string of the molecule is Cc1c(C(OC(C)(C)C)C(=O)O)n(-c2ccc3c(c2)CCCO3)c(C)c(Nc2ccccc2)c1=O. The Morgan fingerprint density at radius 3 is 2.51 bits per heavy atom. The molecule has 7 heteroatoms. The van der Waals surface area contributed by atoms with E-state index in [1.807, 2.05) is 60.0 Å². The van der Waals surface area contributed by atoms with Gasteiger partial charge in [0.15, 0.2) is 6.10 Å². The molecule has 0 spiro atoms. The molecular weight excluding hydrogens is 444 g/mol. The lowest BCUT2D eigenvalue weighted by molar-refractivity contribution is -0.161. The maximum Gasteiger partial charge on any atom is 0.339 e. The number of hydrogen-bond donors (Lipinski definition) is 2. The normalized spacial score (nSPS) is 14.1. The molecule has 1 aliphatic heterocycles. The Balaban J connectivity index is 2.00. The molecule has 0 saturated heterocycles. The Morgan fingerprint density at radius 2 is 1.86 bits per heavy atom. The van der Waals surface area contributed by atoms with Gasteiger partial charge < -0.3 is 24.5 Å². The van der Waals surface area contributed by atoms with Crippen LogP contribution in [0.2, 0.25) is 0 Å². The average Bonchev–Trinajstić information content (AvgIpc) is 2.82. The number of nitrogens with one attached hydrogen (secondary N) is 1. The number of aryl methyl sites for hydroxylation is 1. The van der Waals surface area contributed by atoms with Gasteiger partial charge in [-0.05, 0) is 83.4 Å². The summed E-state index contributed by atoms with van der Waals surface area (Å²) in [5.74, 6) is -0.319. The van der Waals surface area contributed by atoms with Gasteiger partial charge in [-0.2, -0.15) is 0 Å². The van der Waals surface area contributed by atoms with E-state index < -0.39 is 17.7 Å². The molecule has 0 bridgehead atoms. The van der Waals surface area contributed by atoms with Crippen LogP contribution in [-0.4, -0.2) is 27.9 Å². The van der Waals surface area contributed by atoms with Crippen molar-refractivity contribution < 1.29 is 19.4 Å². The van der Waals surface area contributed by atoms with E-state index in [-0.39, 0.29) is 5.43 Å². The van der Waals surface area contributed by atoms with Crippen LogP contribution in [0.4, 0.5) is 11.4 Å². The number of nitrogens with zero attached hydrogens (tertiary/aromatic N) is 1. The van der Waals surface area contributed by atoms with Gasteiger partial charge in [-0.15, -0.1) is 0 Å². The minimum Gasteiger partial charge on any atom is -0.493 e. The van der Waals surface area contributed by atoms with E-state index in [1.165, 1.54) is 0 Å². The van der Waals surface area contributed by atoms with Gasteiger partial charge in [0.2, 0.25) is 5.43 Å². The summed E-state index contributed by atoms with van der Waals surface area (Å²) in [6.45, 7) is 9.56. The highest BCUT2D eigenvalue weighted by molar-refractivity contribution is 5.76. The molecule has 0 aliphatic carbocycles. The number of fused-ring (bicyclic) bond motifs is 1. The number of para-hydroxylation sites is 1. The van der Waals surface area contributed by atoms with Crippen molar-refractivity contribution in [2.24, 2.45) is 0 Å². The molecule has 0 amide bonds. The van der Waals surface area contributed by atoms with Gasteiger partial charge in [0.25, 0.3) is 0 Å². The van der Waals surface area contributed by atoms with Crippen LogP contribution in [0.1, 0.15) is 55.8 Å². The summed E-state index contributed by atoms with van der Waals surface area (Å²) in [5, 5.41) is 13.4. The fourth-order valence-corrected chi connectivity index (χ4v) is 4.45. The van der Waals surface area contributed by atoms with E-state index in [4.69, 9.17) is 9.47 Å². The number of benzene rings is 2. The number of carboxylic acids is 1. The summed E-state index contributed by atoms with van der Waals surface area (Å²) in [7, 11) is 0. The van der Waals surface area contributed by atoms with Crippen LogP contribution < -0.4 is 15.5 Å². The first kappa shape index (κ1) is 24.5. The Hall–Kier alpha value is -3.58. The number of anilines is 2. The summed E-state index contributed by atoms with van der Waals surface area (Å²) in [5.41, 5.74) is 3.20. The summed E-state index contributed by atoms with van der Waals surface area (Å²) in [6, 6.07) is 15.3. The zero-order valence-corrected chi connectivity index (χ0v) is 20.8. The van der Waals surface area contributed by atoms with Gasteiger partial charge in [0.1, 0.15) is 11.4 Å². The molecule has 7 nitrogen and oxygen atoms in total. The van der Waals surface area contributed by atoms with E-state index in [0.717, 1.165) is 35.5 Å². The lowest BCUT2D eigenvalue weighted by Gasteiger charge is -2.30. The van der Waals surface area contributed by atoms with E-state index in [1.54, 1.807) is 27.7 Å². The lowest BCUT2D eigenvalue weighted by atomic mass is 10.0. The minimum atomic E-state index is -1.33. The predicted molar refractivity (Wildman–Crippen MR) is 136 cm³/mol. The molecule has 35 heavy (non-hydrogen) atoms. The molecular formula is C28H32N2O5. The van der Waals surface area contributed by atoms with Crippen molar-refractivity contribution in [3.63, 3.8) is 0 Å². The topological polar surface area (TPSA) is 89.8 Å². The number of carbonyl (C=O) groups is 1. The smallest absolute Gasteiger partial charge is 0.339 e. The van der Waals surface area contributed by atoms with Gasteiger partial charge >= 0.3 is 5.97 Å². The number of aliphatic carboxylic acids is 1. The molecule has 2 N–H and O–H groups in total.